The average Bonchev–Trinajstić information content (AvgIpc) is 3.65. The molecule has 1 atom stereocenters. The van der Waals surface area contributed by atoms with Crippen molar-refractivity contribution in [2.45, 2.75) is 25.8 Å². The van der Waals surface area contributed by atoms with E-state index in [-0.39, 0.29) is 11.9 Å². The first-order valence-electron chi connectivity index (χ1n) is 14.0. The smallest absolute Gasteiger partial charge is 0.259 e. The first kappa shape index (κ1) is 26.9. The van der Waals surface area contributed by atoms with Crippen LogP contribution in [0.1, 0.15) is 41.7 Å². The van der Waals surface area contributed by atoms with Crippen molar-refractivity contribution in [3.8, 4) is 5.75 Å². The second kappa shape index (κ2) is 11.3. The Kier molecular flexibility index (Phi) is 7.44. The van der Waals surface area contributed by atoms with Crippen LogP contribution in [0.5, 0.6) is 5.75 Å². The Morgan fingerprint density at radius 2 is 1.90 bits per heavy atom. The van der Waals surface area contributed by atoms with E-state index in [9.17, 15) is 13.6 Å². The van der Waals surface area contributed by atoms with Crippen molar-refractivity contribution >= 4 is 28.7 Å². The number of hydrogen-bond donors (Lipinski definition) is 1. The summed E-state index contributed by atoms with van der Waals surface area (Å²) in [5.74, 6) is -0.165. The van der Waals surface area contributed by atoms with Crippen LogP contribution in [-0.2, 0) is 0 Å². The van der Waals surface area contributed by atoms with Crippen LogP contribution in [0.25, 0.3) is 5.65 Å². The van der Waals surface area contributed by atoms with Gasteiger partial charge in [0.05, 0.1) is 24.9 Å². The van der Waals surface area contributed by atoms with Gasteiger partial charge in [0.15, 0.2) is 5.65 Å². The van der Waals surface area contributed by atoms with Gasteiger partial charge in [-0.3, -0.25) is 4.79 Å². The third-order valence-corrected chi connectivity index (χ3v) is 8.08. The minimum absolute atomic E-state index is 0.314. The van der Waals surface area contributed by atoms with E-state index in [1.54, 1.807) is 36.2 Å². The molecular formula is C30H33F2N7O2. The van der Waals surface area contributed by atoms with Crippen LogP contribution < -0.4 is 19.9 Å². The first-order chi connectivity index (χ1) is 19.9. The van der Waals surface area contributed by atoms with Crippen LogP contribution in [0.2, 0.25) is 0 Å². The molecular weight excluding hydrogens is 528 g/mol. The summed E-state index contributed by atoms with van der Waals surface area (Å²) in [6, 6.07) is 10.6. The summed E-state index contributed by atoms with van der Waals surface area (Å²) in [6.45, 7) is 7.70. The van der Waals surface area contributed by atoms with Gasteiger partial charge in [0.1, 0.15) is 28.9 Å². The van der Waals surface area contributed by atoms with Crippen LogP contribution in [0.4, 0.5) is 26.0 Å². The largest absolute Gasteiger partial charge is 0.496 e. The Balaban J connectivity index is 1.23. The lowest BCUT2D eigenvalue weighted by Gasteiger charge is -2.35. The van der Waals surface area contributed by atoms with E-state index in [4.69, 9.17) is 9.72 Å². The maximum Gasteiger partial charge on any atom is 0.259 e. The highest BCUT2D eigenvalue weighted by Crippen LogP contribution is 2.37. The molecule has 6 rings (SSSR count). The number of halogens is 2. The van der Waals surface area contributed by atoms with E-state index in [0.717, 1.165) is 57.0 Å². The number of fused-ring (bicyclic) bond motifs is 1. The Bertz CT molecular complexity index is 1570. The Labute approximate surface area is 237 Å². The first-order valence-corrected chi connectivity index (χ1v) is 14.0. The molecule has 0 radical (unpaired) electrons. The molecule has 4 heterocycles. The second-order valence-corrected chi connectivity index (χ2v) is 10.4. The lowest BCUT2D eigenvalue weighted by molar-refractivity contribution is 0.102. The average molecular weight is 562 g/mol. The maximum absolute atomic E-state index is 14.6. The molecule has 2 aromatic carbocycles. The summed E-state index contributed by atoms with van der Waals surface area (Å²) in [5, 5.41) is 7.27. The molecule has 2 fully saturated rings. The number of hydrogen-bond acceptors (Lipinski definition) is 7. The van der Waals surface area contributed by atoms with E-state index in [2.05, 4.69) is 27.1 Å². The zero-order valence-corrected chi connectivity index (χ0v) is 23.2. The number of methoxy groups -OCH3 is 1. The number of likely N-dealkylation sites (N-methyl/N-ethyl adjacent to an activating group) is 1. The molecule has 1 amide bonds. The van der Waals surface area contributed by atoms with Gasteiger partial charge in [-0.2, -0.15) is 5.10 Å². The Hall–Kier alpha value is -4.25. The number of benzene rings is 2. The third-order valence-electron chi connectivity index (χ3n) is 8.08. The number of carbonyl (C=O) groups excluding carboxylic acids is 1. The third kappa shape index (κ3) is 5.29. The molecule has 4 aromatic rings. The zero-order chi connectivity index (χ0) is 28.5. The summed E-state index contributed by atoms with van der Waals surface area (Å²) < 4.78 is 35.7. The van der Waals surface area contributed by atoms with Crippen LogP contribution >= 0.6 is 0 Å². The molecule has 2 aromatic heterocycles. The zero-order valence-electron chi connectivity index (χ0n) is 23.2. The van der Waals surface area contributed by atoms with Crippen molar-refractivity contribution in [3.63, 3.8) is 0 Å². The minimum atomic E-state index is -0.472. The van der Waals surface area contributed by atoms with Crippen LogP contribution in [0.3, 0.4) is 0 Å². The number of ether oxygens (including phenoxy) is 1. The Morgan fingerprint density at radius 1 is 1.07 bits per heavy atom. The highest BCUT2D eigenvalue weighted by atomic mass is 19.1. The fourth-order valence-electron chi connectivity index (χ4n) is 5.82. The van der Waals surface area contributed by atoms with Gasteiger partial charge < -0.3 is 24.8 Å². The van der Waals surface area contributed by atoms with E-state index in [1.807, 2.05) is 17.0 Å². The molecule has 41 heavy (non-hydrogen) atoms. The fourth-order valence-corrected chi connectivity index (χ4v) is 5.82. The van der Waals surface area contributed by atoms with E-state index < -0.39 is 11.6 Å². The lowest BCUT2D eigenvalue weighted by Crippen LogP contribution is -2.46. The van der Waals surface area contributed by atoms with E-state index in [1.165, 1.54) is 6.07 Å². The monoisotopic (exact) mass is 561 g/mol. The molecule has 2 aliphatic rings. The SMILES string of the molecule is CCN1CCN(c2ccc(C(=O)Nc3cnn4ccc(N5CCCC5c5cc(F)ccc5F)nc34)c(OC)c2)CC1. The van der Waals surface area contributed by atoms with Gasteiger partial charge in [-0.1, -0.05) is 6.92 Å². The Morgan fingerprint density at radius 3 is 2.68 bits per heavy atom. The fraction of sp³-hybridized carbons (Fsp3) is 0.367. The van der Waals surface area contributed by atoms with Gasteiger partial charge in [-0.25, -0.2) is 18.3 Å². The number of rotatable bonds is 7. The van der Waals surface area contributed by atoms with Crippen LogP contribution in [0, 0.1) is 11.6 Å². The molecule has 11 heteroatoms. The molecule has 0 saturated carbocycles. The van der Waals surface area contributed by atoms with Gasteiger partial charge in [0.2, 0.25) is 0 Å². The van der Waals surface area contributed by atoms with Crippen molar-refractivity contribution in [1.82, 2.24) is 19.5 Å². The van der Waals surface area contributed by atoms with Crippen molar-refractivity contribution in [2.75, 3.05) is 61.5 Å². The number of piperazine rings is 1. The van der Waals surface area contributed by atoms with Gasteiger partial charge in [-0.05, 0) is 55.8 Å². The van der Waals surface area contributed by atoms with E-state index >= 15 is 0 Å². The quantitative estimate of drug-likeness (QED) is 0.349. The maximum atomic E-state index is 14.6. The molecule has 1 N–H and O–H groups in total. The molecule has 0 spiro atoms. The molecule has 1 unspecified atom stereocenters. The number of carbonyl (C=O) groups is 1. The summed E-state index contributed by atoms with van der Waals surface area (Å²) in [7, 11) is 1.56. The van der Waals surface area contributed by atoms with Crippen LogP contribution in [0.15, 0.2) is 54.9 Å². The molecule has 2 saturated heterocycles. The van der Waals surface area contributed by atoms with Gasteiger partial charge in [0, 0.05) is 56.2 Å². The van der Waals surface area contributed by atoms with Gasteiger partial charge in [-0.15, -0.1) is 0 Å². The van der Waals surface area contributed by atoms with Gasteiger partial charge in [0.25, 0.3) is 5.91 Å². The number of amides is 1. The second-order valence-electron chi connectivity index (χ2n) is 10.4. The predicted molar refractivity (Wildman–Crippen MR) is 154 cm³/mol. The lowest BCUT2D eigenvalue weighted by atomic mass is 10.0. The minimum Gasteiger partial charge on any atom is -0.496 e. The molecule has 214 valence electrons. The molecule has 9 nitrogen and oxygen atoms in total. The summed E-state index contributed by atoms with van der Waals surface area (Å²) in [4.78, 5) is 24.8. The number of nitrogens with zero attached hydrogens (tertiary/aromatic N) is 6. The summed E-state index contributed by atoms with van der Waals surface area (Å²) in [6.07, 6.45) is 4.80. The molecule has 2 aliphatic heterocycles. The number of aromatic nitrogens is 3. The normalized spacial score (nSPS) is 17.8. The molecule has 0 bridgehead atoms. The van der Waals surface area contributed by atoms with Crippen molar-refractivity contribution in [2.24, 2.45) is 0 Å². The molecule has 0 aliphatic carbocycles. The van der Waals surface area contributed by atoms with E-state index in [0.29, 0.717) is 47.0 Å². The topological polar surface area (TPSA) is 78.2 Å². The van der Waals surface area contributed by atoms with Crippen molar-refractivity contribution < 1.29 is 18.3 Å². The predicted octanol–water partition coefficient (Wildman–Crippen LogP) is 4.75. The summed E-state index contributed by atoms with van der Waals surface area (Å²) >= 11 is 0. The van der Waals surface area contributed by atoms with Gasteiger partial charge >= 0.3 is 0 Å². The summed E-state index contributed by atoms with van der Waals surface area (Å²) in [5.41, 5.74) is 2.62. The highest BCUT2D eigenvalue weighted by Gasteiger charge is 2.30. The van der Waals surface area contributed by atoms with Crippen LogP contribution in [-0.4, -0.2) is 71.8 Å². The number of nitrogens with one attached hydrogen (secondary N) is 1. The van der Waals surface area contributed by atoms with Crippen molar-refractivity contribution in [3.05, 3.63) is 77.6 Å². The number of anilines is 3. The van der Waals surface area contributed by atoms with Crippen molar-refractivity contribution in [1.29, 1.82) is 0 Å². The highest BCUT2D eigenvalue weighted by molar-refractivity contribution is 6.08. The standard InChI is InChI=1S/C30H33F2N7O2/c1-3-36-13-15-37(16-14-36)21-7-8-22(27(18-21)41-2)30(40)34-25-19-33-39-12-10-28(35-29(25)39)38-11-4-5-26(38)23-17-20(31)6-9-24(23)32/h6-10,12,17-19,26H,3-5,11,13-16H2,1-2H3,(H,34,40).